The third-order valence-electron chi connectivity index (χ3n) is 6.32. The first-order chi connectivity index (χ1) is 13.3. The molecule has 27 heavy (non-hydrogen) atoms. The predicted molar refractivity (Wildman–Crippen MR) is 103 cm³/mol. The molecule has 2 aliphatic rings. The van der Waals surface area contributed by atoms with Gasteiger partial charge in [0.2, 0.25) is 5.78 Å². The quantitative estimate of drug-likeness (QED) is 0.725. The first kappa shape index (κ1) is 16.9. The molecule has 0 bridgehead atoms. The van der Waals surface area contributed by atoms with Crippen molar-refractivity contribution in [2.45, 2.75) is 51.9 Å². The summed E-state index contributed by atoms with van der Waals surface area (Å²) < 4.78 is 4.25. The lowest BCUT2D eigenvalue weighted by Crippen LogP contribution is -2.36. The number of imidazole rings is 2. The Morgan fingerprint density at radius 2 is 2.07 bits per heavy atom. The molecule has 1 aliphatic heterocycles. The molecule has 1 N–H and O–H groups in total. The second-order valence-corrected chi connectivity index (χ2v) is 7.93. The van der Waals surface area contributed by atoms with Gasteiger partial charge >= 0.3 is 0 Å². The van der Waals surface area contributed by atoms with E-state index in [1.54, 1.807) is 6.20 Å². The van der Waals surface area contributed by atoms with Crippen LogP contribution in [0.15, 0.2) is 37.1 Å². The Morgan fingerprint density at radius 1 is 1.19 bits per heavy atom. The number of aryl methyl sites for hydroxylation is 1. The highest BCUT2D eigenvalue weighted by Crippen LogP contribution is 2.56. The van der Waals surface area contributed by atoms with E-state index < -0.39 is 0 Å². The number of piperidine rings is 1. The van der Waals surface area contributed by atoms with E-state index in [0.717, 1.165) is 50.0 Å². The van der Waals surface area contributed by atoms with E-state index in [4.69, 9.17) is 4.98 Å². The van der Waals surface area contributed by atoms with Crippen LogP contribution in [-0.2, 0) is 19.6 Å². The van der Waals surface area contributed by atoms with E-state index >= 15 is 0 Å². The van der Waals surface area contributed by atoms with Crippen LogP contribution in [0, 0.1) is 5.41 Å². The minimum Gasteiger partial charge on any atom is -0.334 e. The van der Waals surface area contributed by atoms with Crippen molar-refractivity contribution in [1.29, 1.82) is 0 Å². The zero-order chi connectivity index (χ0) is 18.3. The Morgan fingerprint density at radius 3 is 2.89 bits per heavy atom. The molecular formula is C20H27N7. The van der Waals surface area contributed by atoms with Gasteiger partial charge in [0.1, 0.15) is 5.82 Å². The molecule has 142 valence electrons. The predicted octanol–water partition coefficient (Wildman–Crippen LogP) is 2.09. The van der Waals surface area contributed by atoms with Crippen LogP contribution in [0.3, 0.4) is 0 Å². The molecule has 1 spiro atoms. The SMILES string of the molecule is CCn1ccnc1CN(Cc1cn2cccnc2n1)C1CC12CCNCC2. The first-order valence-corrected chi connectivity index (χ1v) is 10.0. The van der Waals surface area contributed by atoms with E-state index in [9.17, 15) is 0 Å². The van der Waals surface area contributed by atoms with Crippen molar-refractivity contribution in [2.75, 3.05) is 13.1 Å². The van der Waals surface area contributed by atoms with E-state index in [0.29, 0.717) is 11.5 Å². The monoisotopic (exact) mass is 365 g/mol. The zero-order valence-corrected chi connectivity index (χ0v) is 15.9. The topological polar surface area (TPSA) is 63.3 Å². The molecule has 1 atom stereocenters. The van der Waals surface area contributed by atoms with Crippen LogP contribution in [0.2, 0.25) is 0 Å². The number of nitrogens with zero attached hydrogens (tertiary/aromatic N) is 6. The Bertz CT molecular complexity index is 888. The lowest BCUT2D eigenvalue weighted by Gasteiger charge is -2.29. The maximum atomic E-state index is 4.74. The molecule has 2 fully saturated rings. The number of rotatable bonds is 6. The van der Waals surface area contributed by atoms with Crippen molar-refractivity contribution in [3.8, 4) is 0 Å². The van der Waals surface area contributed by atoms with Crippen LogP contribution in [-0.4, -0.2) is 48.0 Å². The van der Waals surface area contributed by atoms with Crippen molar-refractivity contribution < 1.29 is 0 Å². The summed E-state index contributed by atoms with van der Waals surface area (Å²) in [5.74, 6) is 1.92. The molecule has 1 unspecified atom stereocenters. The van der Waals surface area contributed by atoms with E-state index in [2.05, 4.69) is 44.1 Å². The van der Waals surface area contributed by atoms with Gasteiger partial charge in [-0.15, -0.1) is 0 Å². The molecule has 3 aromatic heterocycles. The van der Waals surface area contributed by atoms with Crippen molar-refractivity contribution in [3.05, 3.63) is 48.6 Å². The van der Waals surface area contributed by atoms with Gasteiger partial charge < -0.3 is 9.88 Å². The van der Waals surface area contributed by atoms with Crippen molar-refractivity contribution in [2.24, 2.45) is 5.41 Å². The number of hydrogen-bond donors (Lipinski definition) is 1. The van der Waals surface area contributed by atoms with Crippen LogP contribution in [0.4, 0.5) is 0 Å². The fourth-order valence-corrected chi connectivity index (χ4v) is 4.71. The summed E-state index contributed by atoms with van der Waals surface area (Å²) in [6.07, 6.45) is 13.8. The molecule has 1 saturated heterocycles. The lowest BCUT2D eigenvalue weighted by molar-refractivity contribution is 0.180. The molecule has 5 rings (SSSR count). The molecule has 0 aromatic carbocycles. The molecule has 7 nitrogen and oxygen atoms in total. The second-order valence-electron chi connectivity index (χ2n) is 7.93. The molecule has 3 aromatic rings. The normalized spacial score (nSPS) is 21.3. The Hall–Kier alpha value is -2.25. The Kier molecular flexibility index (Phi) is 4.21. The van der Waals surface area contributed by atoms with Crippen molar-refractivity contribution >= 4 is 5.78 Å². The minimum atomic E-state index is 0.492. The summed E-state index contributed by atoms with van der Waals surface area (Å²) in [5.41, 5.74) is 1.58. The minimum absolute atomic E-state index is 0.492. The van der Waals surface area contributed by atoms with Crippen LogP contribution < -0.4 is 5.32 Å². The standard InChI is InChI=1S/C20H27N7/c1-2-25-11-9-22-18(25)15-27(17-12-20(17)4-7-21-8-5-20)14-16-13-26-10-3-6-23-19(26)24-16/h3,6,9-11,13,17,21H,2,4-5,7-8,12,14-15H2,1H3. The average Bonchev–Trinajstić information content (AvgIpc) is 3.05. The number of aromatic nitrogens is 5. The fourth-order valence-electron chi connectivity index (χ4n) is 4.71. The summed E-state index contributed by atoms with van der Waals surface area (Å²) in [7, 11) is 0. The van der Waals surface area contributed by atoms with Gasteiger partial charge in [-0.1, -0.05) is 0 Å². The van der Waals surface area contributed by atoms with Gasteiger partial charge in [0.15, 0.2) is 0 Å². The average molecular weight is 365 g/mol. The second kappa shape index (κ2) is 6.73. The van der Waals surface area contributed by atoms with Crippen LogP contribution in [0.1, 0.15) is 37.7 Å². The van der Waals surface area contributed by atoms with Crippen molar-refractivity contribution in [3.63, 3.8) is 0 Å². The van der Waals surface area contributed by atoms with E-state index in [1.807, 2.05) is 22.9 Å². The smallest absolute Gasteiger partial charge is 0.233 e. The van der Waals surface area contributed by atoms with Gasteiger partial charge in [0.05, 0.1) is 12.2 Å². The largest absolute Gasteiger partial charge is 0.334 e. The molecule has 0 amide bonds. The van der Waals surface area contributed by atoms with Crippen LogP contribution in [0.5, 0.6) is 0 Å². The molecular weight excluding hydrogens is 338 g/mol. The molecule has 4 heterocycles. The number of nitrogens with one attached hydrogen (secondary N) is 1. The highest BCUT2D eigenvalue weighted by molar-refractivity contribution is 5.29. The maximum absolute atomic E-state index is 4.74. The number of hydrogen-bond acceptors (Lipinski definition) is 5. The van der Waals surface area contributed by atoms with Gasteiger partial charge in [-0.25, -0.2) is 15.0 Å². The molecule has 1 aliphatic carbocycles. The van der Waals surface area contributed by atoms with Gasteiger partial charge in [-0.3, -0.25) is 9.30 Å². The van der Waals surface area contributed by atoms with Crippen molar-refractivity contribution in [1.82, 2.24) is 34.1 Å². The summed E-state index contributed by atoms with van der Waals surface area (Å²) >= 11 is 0. The van der Waals surface area contributed by atoms with E-state index in [-0.39, 0.29) is 0 Å². The lowest BCUT2D eigenvalue weighted by atomic mass is 9.93. The molecule has 0 radical (unpaired) electrons. The Labute approximate surface area is 159 Å². The van der Waals surface area contributed by atoms with Gasteiger partial charge in [-0.05, 0) is 50.8 Å². The molecule has 1 saturated carbocycles. The van der Waals surface area contributed by atoms with Gasteiger partial charge in [0.25, 0.3) is 0 Å². The highest BCUT2D eigenvalue weighted by Gasteiger charge is 2.56. The summed E-state index contributed by atoms with van der Waals surface area (Å²) in [5, 5.41) is 3.51. The molecule has 7 heteroatoms. The fraction of sp³-hybridized carbons (Fsp3) is 0.550. The maximum Gasteiger partial charge on any atom is 0.233 e. The third-order valence-corrected chi connectivity index (χ3v) is 6.32. The summed E-state index contributed by atoms with van der Waals surface area (Å²) in [4.78, 5) is 16.3. The third kappa shape index (κ3) is 3.15. The van der Waals surface area contributed by atoms with Crippen LogP contribution in [0.25, 0.3) is 5.78 Å². The van der Waals surface area contributed by atoms with Crippen LogP contribution >= 0.6 is 0 Å². The first-order valence-electron chi connectivity index (χ1n) is 10.0. The zero-order valence-electron chi connectivity index (χ0n) is 15.9. The van der Waals surface area contributed by atoms with Gasteiger partial charge in [-0.2, -0.15) is 0 Å². The summed E-state index contributed by atoms with van der Waals surface area (Å²) in [6.45, 7) is 7.15. The summed E-state index contributed by atoms with van der Waals surface area (Å²) in [6, 6.07) is 2.57. The van der Waals surface area contributed by atoms with E-state index in [1.165, 1.54) is 19.3 Å². The van der Waals surface area contributed by atoms with Gasteiger partial charge in [0, 0.05) is 50.1 Å². The highest BCUT2D eigenvalue weighted by atomic mass is 15.3. The Balaban J connectivity index is 1.41. The number of fused-ring (bicyclic) bond motifs is 1.